The standard InChI is InChI=1S/C13H17NO4/c1-9-3-4-11(10(2)5-9)6-14(7-12(15)16)8-13(17)18/h3-5H,6-8H2,1-2H3,(H,15,16)(H,17,18). The molecule has 0 aliphatic carbocycles. The lowest BCUT2D eigenvalue weighted by Gasteiger charge is -2.19. The highest BCUT2D eigenvalue weighted by Gasteiger charge is 2.14. The molecule has 0 aliphatic rings. The summed E-state index contributed by atoms with van der Waals surface area (Å²) in [5, 5.41) is 17.5. The molecule has 2 N–H and O–H groups in total. The lowest BCUT2D eigenvalue weighted by atomic mass is 10.1. The van der Waals surface area contributed by atoms with Crippen LogP contribution in [0.3, 0.4) is 0 Å². The molecule has 1 rings (SSSR count). The summed E-state index contributed by atoms with van der Waals surface area (Å²) < 4.78 is 0. The van der Waals surface area contributed by atoms with E-state index in [1.54, 1.807) is 0 Å². The average molecular weight is 251 g/mol. The Morgan fingerprint density at radius 1 is 1.11 bits per heavy atom. The van der Waals surface area contributed by atoms with Gasteiger partial charge in [0, 0.05) is 6.54 Å². The van der Waals surface area contributed by atoms with Crippen molar-refractivity contribution in [3.63, 3.8) is 0 Å². The zero-order chi connectivity index (χ0) is 13.7. The number of hydrogen-bond acceptors (Lipinski definition) is 3. The van der Waals surface area contributed by atoms with E-state index in [9.17, 15) is 9.59 Å². The van der Waals surface area contributed by atoms with Gasteiger partial charge in [-0.05, 0) is 25.0 Å². The number of benzene rings is 1. The van der Waals surface area contributed by atoms with Gasteiger partial charge in [0.05, 0.1) is 13.1 Å². The molecule has 98 valence electrons. The molecule has 0 fully saturated rings. The van der Waals surface area contributed by atoms with E-state index in [1.165, 1.54) is 4.90 Å². The molecule has 0 atom stereocenters. The summed E-state index contributed by atoms with van der Waals surface area (Å²) in [5.74, 6) is -2.05. The first kappa shape index (κ1) is 14.2. The maximum Gasteiger partial charge on any atom is 0.317 e. The quantitative estimate of drug-likeness (QED) is 0.796. The van der Waals surface area contributed by atoms with Crippen molar-refractivity contribution in [1.82, 2.24) is 4.90 Å². The minimum absolute atomic E-state index is 0.278. The topological polar surface area (TPSA) is 77.8 Å². The SMILES string of the molecule is Cc1ccc(CN(CC(=O)O)CC(=O)O)c(C)c1. The summed E-state index contributed by atoms with van der Waals surface area (Å²) in [7, 11) is 0. The highest BCUT2D eigenvalue weighted by Crippen LogP contribution is 2.13. The van der Waals surface area contributed by atoms with Gasteiger partial charge >= 0.3 is 11.9 Å². The van der Waals surface area contributed by atoms with Crippen LogP contribution in [0.25, 0.3) is 0 Å². The van der Waals surface area contributed by atoms with Gasteiger partial charge in [-0.3, -0.25) is 14.5 Å². The number of carbonyl (C=O) groups is 2. The molecule has 0 bridgehead atoms. The van der Waals surface area contributed by atoms with Crippen molar-refractivity contribution in [3.8, 4) is 0 Å². The van der Waals surface area contributed by atoms with Crippen LogP contribution in [0.1, 0.15) is 16.7 Å². The second kappa shape index (κ2) is 6.16. The van der Waals surface area contributed by atoms with E-state index in [2.05, 4.69) is 0 Å². The van der Waals surface area contributed by atoms with Crippen molar-refractivity contribution in [1.29, 1.82) is 0 Å². The molecule has 5 heteroatoms. The Hall–Kier alpha value is -1.88. The molecule has 0 unspecified atom stereocenters. The second-order valence-electron chi connectivity index (χ2n) is 4.36. The minimum Gasteiger partial charge on any atom is -0.480 e. The van der Waals surface area contributed by atoms with Gasteiger partial charge in [-0.2, -0.15) is 0 Å². The second-order valence-corrected chi connectivity index (χ2v) is 4.36. The molecular weight excluding hydrogens is 234 g/mol. The van der Waals surface area contributed by atoms with Gasteiger partial charge in [0.1, 0.15) is 0 Å². The Morgan fingerprint density at radius 2 is 1.67 bits per heavy atom. The zero-order valence-electron chi connectivity index (χ0n) is 10.5. The van der Waals surface area contributed by atoms with Crippen molar-refractivity contribution in [2.75, 3.05) is 13.1 Å². The number of rotatable bonds is 6. The number of carboxylic acid groups (broad SMARTS) is 2. The van der Waals surface area contributed by atoms with Crippen LogP contribution in [0.4, 0.5) is 0 Å². The predicted octanol–water partition coefficient (Wildman–Crippen LogP) is 1.27. The average Bonchev–Trinajstić information content (AvgIpc) is 2.20. The molecule has 0 saturated heterocycles. The number of aryl methyl sites for hydroxylation is 2. The highest BCUT2D eigenvalue weighted by molar-refractivity contribution is 5.72. The minimum atomic E-state index is -1.03. The van der Waals surface area contributed by atoms with Gasteiger partial charge in [-0.1, -0.05) is 23.8 Å². The van der Waals surface area contributed by atoms with Crippen molar-refractivity contribution in [2.45, 2.75) is 20.4 Å². The van der Waals surface area contributed by atoms with E-state index in [4.69, 9.17) is 10.2 Å². The van der Waals surface area contributed by atoms with Crippen molar-refractivity contribution >= 4 is 11.9 Å². The fourth-order valence-corrected chi connectivity index (χ4v) is 1.81. The number of nitrogens with zero attached hydrogens (tertiary/aromatic N) is 1. The summed E-state index contributed by atoms with van der Waals surface area (Å²) in [4.78, 5) is 22.8. The number of carboxylic acids is 2. The maximum atomic E-state index is 10.7. The van der Waals surface area contributed by atoms with Crippen molar-refractivity contribution < 1.29 is 19.8 Å². The largest absolute Gasteiger partial charge is 0.480 e. The summed E-state index contributed by atoms with van der Waals surface area (Å²) in [6.45, 7) is 3.68. The first-order valence-corrected chi connectivity index (χ1v) is 5.60. The van der Waals surface area contributed by atoms with E-state index in [-0.39, 0.29) is 13.1 Å². The molecule has 0 amide bonds. The van der Waals surface area contributed by atoms with Crippen molar-refractivity contribution in [2.24, 2.45) is 0 Å². The molecule has 0 heterocycles. The molecule has 0 saturated carbocycles. The normalized spacial score (nSPS) is 10.6. The number of aliphatic carboxylic acids is 2. The van der Waals surface area contributed by atoms with Crippen LogP contribution in [0.5, 0.6) is 0 Å². The van der Waals surface area contributed by atoms with Gasteiger partial charge in [-0.15, -0.1) is 0 Å². The lowest BCUT2D eigenvalue weighted by molar-refractivity contribution is -0.142. The highest BCUT2D eigenvalue weighted by atomic mass is 16.4. The predicted molar refractivity (Wildman–Crippen MR) is 66.5 cm³/mol. The summed E-state index contributed by atoms with van der Waals surface area (Å²) in [6.07, 6.45) is 0. The summed E-state index contributed by atoms with van der Waals surface area (Å²) in [6, 6.07) is 5.83. The summed E-state index contributed by atoms with van der Waals surface area (Å²) in [5.41, 5.74) is 3.11. The van der Waals surface area contributed by atoms with Gasteiger partial charge < -0.3 is 10.2 Å². The molecule has 5 nitrogen and oxygen atoms in total. The van der Waals surface area contributed by atoms with E-state index in [0.29, 0.717) is 6.54 Å². The van der Waals surface area contributed by atoms with Crippen LogP contribution in [-0.4, -0.2) is 40.1 Å². The first-order chi connectivity index (χ1) is 8.38. The molecule has 0 radical (unpaired) electrons. The van der Waals surface area contributed by atoms with Crippen LogP contribution in [-0.2, 0) is 16.1 Å². The fourth-order valence-electron chi connectivity index (χ4n) is 1.81. The third-order valence-electron chi connectivity index (χ3n) is 2.61. The molecule has 18 heavy (non-hydrogen) atoms. The molecule has 0 aliphatic heterocycles. The van der Waals surface area contributed by atoms with E-state index < -0.39 is 11.9 Å². The number of hydrogen-bond donors (Lipinski definition) is 2. The molecule has 0 spiro atoms. The van der Waals surface area contributed by atoms with Gasteiger partial charge in [0.25, 0.3) is 0 Å². The van der Waals surface area contributed by atoms with Gasteiger partial charge in [-0.25, -0.2) is 0 Å². The third-order valence-corrected chi connectivity index (χ3v) is 2.61. The molecule has 1 aromatic rings. The Labute approximate surface area is 106 Å². The summed E-state index contributed by atoms with van der Waals surface area (Å²) >= 11 is 0. The fraction of sp³-hybridized carbons (Fsp3) is 0.385. The maximum absolute atomic E-state index is 10.7. The zero-order valence-corrected chi connectivity index (χ0v) is 10.5. The van der Waals surface area contributed by atoms with Crippen LogP contribution in [0.15, 0.2) is 18.2 Å². The first-order valence-electron chi connectivity index (χ1n) is 5.60. The Bertz CT molecular complexity index is 440. The Kier molecular flexibility index (Phi) is 4.85. The van der Waals surface area contributed by atoms with E-state index in [0.717, 1.165) is 16.7 Å². The van der Waals surface area contributed by atoms with Crippen molar-refractivity contribution in [3.05, 3.63) is 34.9 Å². The van der Waals surface area contributed by atoms with Crippen LogP contribution in [0.2, 0.25) is 0 Å². The molecule has 1 aromatic carbocycles. The molecule has 0 aromatic heterocycles. The van der Waals surface area contributed by atoms with Crippen LogP contribution < -0.4 is 0 Å². The smallest absolute Gasteiger partial charge is 0.317 e. The van der Waals surface area contributed by atoms with Gasteiger partial charge in [0.15, 0.2) is 0 Å². The Balaban J connectivity index is 2.81. The van der Waals surface area contributed by atoms with E-state index in [1.807, 2.05) is 32.0 Å². The van der Waals surface area contributed by atoms with Gasteiger partial charge in [0.2, 0.25) is 0 Å². The van der Waals surface area contributed by atoms with E-state index >= 15 is 0 Å². The monoisotopic (exact) mass is 251 g/mol. The van der Waals surface area contributed by atoms with Crippen LogP contribution in [0, 0.1) is 13.8 Å². The third kappa shape index (κ3) is 4.55. The Morgan fingerprint density at radius 3 is 2.11 bits per heavy atom. The van der Waals surface area contributed by atoms with Crippen LogP contribution >= 0.6 is 0 Å². The lowest BCUT2D eigenvalue weighted by Crippen LogP contribution is -2.34. The molecular formula is C13H17NO4.